The van der Waals surface area contributed by atoms with Gasteiger partial charge in [0, 0.05) is 5.69 Å². The van der Waals surface area contributed by atoms with Crippen molar-refractivity contribution in [3.05, 3.63) is 17.5 Å². The monoisotopic (exact) mass is 165 g/mol. The summed E-state index contributed by atoms with van der Waals surface area (Å²) in [6, 6.07) is 3.75. The maximum absolute atomic E-state index is 9.39. The number of hydrogen-bond acceptors (Lipinski definition) is 3. The van der Waals surface area contributed by atoms with E-state index in [0.29, 0.717) is 0 Å². The number of aliphatic hydroxyl groups is 1. The average Bonchev–Trinajstić information content (AvgIpc) is 2.30. The molecule has 1 N–H and O–H groups in total. The summed E-state index contributed by atoms with van der Waals surface area (Å²) in [4.78, 5) is 0. The van der Waals surface area contributed by atoms with Crippen LogP contribution in [0.1, 0.15) is 24.0 Å². The molecule has 1 aromatic rings. The van der Waals surface area contributed by atoms with E-state index < -0.39 is 6.23 Å². The van der Waals surface area contributed by atoms with E-state index in [4.69, 9.17) is 5.26 Å². The van der Waals surface area contributed by atoms with E-state index in [2.05, 4.69) is 5.10 Å². The van der Waals surface area contributed by atoms with Gasteiger partial charge in [-0.2, -0.15) is 10.4 Å². The molecule has 0 saturated heterocycles. The van der Waals surface area contributed by atoms with Gasteiger partial charge in [0.05, 0.1) is 18.2 Å². The molecule has 1 heterocycles. The Morgan fingerprint density at radius 1 is 1.75 bits per heavy atom. The summed E-state index contributed by atoms with van der Waals surface area (Å²) in [5.74, 6) is 0. The molecule has 0 bridgehead atoms. The van der Waals surface area contributed by atoms with Crippen LogP contribution in [0.15, 0.2) is 6.07 Å². The lowest BCUT2D eigenvalue weighted by molar-refractivity contribution is 0.0930. The molecule has 1 aromatic heterocycles. The normalized spacial score (nSPS) is 12.5. The molecule has 0 aliphatic rings. The van der Waals surface area contributed by atoms with Crippen LogP contribution in [0.3, 0.4) is 0 Å². The van der Waals surface area contributed by atoms with Crippen molar-refractivity contribution in [2.45, 2.75) is 26.5 Å². The third kappa shape index (κ3) is 1.63. The topological polar surface area (TPSA) is 61.8 Å². The Kier molecular flexibility index (Phi) is 2.46. The van der Waals surface area contributed by atoms with Crippen LogP contribution in [-0.2, 0) is 0 Å². The number of aromatic nitrogens is 2. The van der Waals surface area contributed by atoms with Gasteiger partial charge in [-0.15, -0.1) is 0 Å². The first-order valence-electron chi connectivity index (χ1n) is 3.73. The van der Waals surface area contributed by atoms with Crippen LogP contribution in [0, 0.1) is 25.2 Å². The standard InChI is InChI=1S/C8H11N3O/c1-6-5-7(2)11(10-6)8(12)3-4-9/h5,8,12H,3H2,1-2H3. The van der Waals surface area contributed by atoms with Crippen LogP contribution in [0.4, 0.5) is 0 Å². The van der Waals surface area contributed by atoms with E-state index in [1.54, 1.807) is 0 Å². The number of nitriles is 1. The first kappa shape index (κ1) is 8.75. The molecule has 1 unspecified atom stereocenters. The van der Waals surface area contributed by atoms with Gasteiger partial charge in [0.15, 0.2) is 6.23 Å². The lowest BCUT2D eigenvalue weighted by atomic mass is 10.4. The van der Waals surface area contributed by atoms with Gasteiger partial charge >= 0.3 is 0 Å². The highest BCUT2D eigenvalue weighted by Crippen LogP contribution is 2.10. The molecule has 4 heteroatoms. The van der Waals surface area contributed by atoms with Gasteiger partial charge < -0.3 is 5.11 Å². The Hall–Kier alpha value is -1.34. The first-order valence-corrected chi connectivity index (χ1v) is 3.73. The molecule has 0 aromatic carbocycles. The van der Waals surface area contributed by atoms with Crippen LogP contribution < -0.4 is 0 Å². The Morgan fingerprint density at radius 2 is 2.42 bits per heavy atom. The van der Waals surface area contributed by atoms with Crippen LogP contribution >= 0.6 is 0 Å². The summed E-state index contributed by atoms with van der Waals surface area (Å²) < 4.78 is 1.46. The summed E-state index contributed by atoms with van der Waals surface area (Å²) in [6.07, 6.45) is -0.745. The van der Waals surface area contributed by atoms with Crippen molar-refractivity contribution in [2.24, 2.45) is 0 Å². The fraction of sp³-hybridized carbons (Fsp3) is 0.500. The molecule has 0 spiro atoms. The van der Waals surface area contributed by atoms with Gasteiger partial charge in [-0.3, -0.25) is 0 Å². The minimum absolute atomic E-state index is 0.0714. The van der Waals surface area contributed by atoms with Crippen molar-refractivity contribution < 1.29 is 5.11 Å². The van der Waals surface area contributed by atoms with Crippen molar-refractivity contribution in [1.29, 1.82) is 5.26 Å². The number of rotatable bonds is 2. The second-order valence-corrected chi connectivity index (χ2v) is 2.71. The van der Waals surface area contributed by atoms with Gasteiger partial charge in [0.25, 0.3) is 0 Å². The van der Waals surface area contributed by atoms with E-state index >= 15 is 0 Å². The van der Waals surface area contributed by atoms with Crippen LogP contribution in [0.2, 0.25) is 0 Å². The predicted octanol–water partition coefficient (Wildman–Crippen LogP) is 0.905. The lowest BCUT2D eigenvalue weighted by Crippen LogP contribution is -2.10. The van der Waals surface area contributed by atoms with Gasteiger partial charge in [-0.05, 0) is 19.9 Å². The number of aryl methyl sites for hydroxylation is 2. The van der Waals surface area contributed by atoms with E-state index in [1.807, 2.05) is 26.0 Å². The van der Waals surface area contributed by atoms with E-state index in [9.17, 15) is 5.11 Å². The fourth-order valence-electron chi connectivity index (χ4n) is 1.12. The molecule has 64 valence electrons. The molecule has 4 nitrogen and oxygen atoms in total. The molecule has 0 saturated carbocycles. The Morgan fingerprint density at radius 3 is 2.83 bits per heavy atom. The van der Waals surface area contributed by atoms with E-state index in [-0.39, 0.29) is 6.42 Å². The van der Waals surface area contributed by atoms with Gasteiger partial charge in [-0.25, -0.2) is 4.68 Å². The van der Waals surface area contributed by atoms with Crippen LogP contribution in [0.5, 0.6) is 0 Å². The Labute approximate surface area is 71.1 Å². The third-order valence-corrected chi connectivity index (χ3v) is 1.60. The summed E-state index contributed by atoms with van der Waals surface area (Å²) in [5, 5.41) is 21.8. The largest absolute Gasteiger partial charge is 0.371 e. The highest BCUT2D eigenvalue weighted by atomic mass is 16.3. The molecule has 0 aliphatic carbocycles. The second-order valence-electron chi connectivity index (χ2n) is 2.71. The maximum Gasteiger partial charge on any atom is 0.160 e. The summed E-state index contributed by atoms with van der Waals surface area (Å²) >= 11 is 0. The Balaban J connectivity index is 2.88. The average molecular weight is 165 g/mol. The molecular formula is C8H11N3O. The molecule has 1 rings (SSSR count). The number of aliphatic hydroxyl groups excluding tert-OH is 1. The van der Waals surface area contributed by atoms with Gasteiger partial charge in [0.1, 0.15) is 0 Å². The molecule has 0 fully saturated rings. The zero-order valence-corrected chi connectivity index (χ0v) is 7.15. The minimum atomic E-state index is -0.816. The van der Waals surface area contributed by atoms with Crippen molar-refractivity contribution in [3.63, 3.8) is 0 Å². The fourth-order valence-corrected chi connectivity index (χ4v) is 1.12. The van der Waals surface area contributed by atoms with Crippen molar-refractivity contribution in [1.82, 2.24) is 9.78 Å². The van der Waals surface area contributed by atoms with Crippen molar-refractivity contribution in [2.75, 3.05) is 0 Å². The van der Waals surface area contributed by atoms with Crippen LogP contribution in [0.25, 0.3) is 0 Å². The minimum Gasteiger partial charge on any atom is -0.371 e. The summed E-state index contributed by atoms with van der Waals surface area (Å²) in [7, 11) is 0. The smallest absolute Gasteiger partial charge is 0.160 e. The zero-order valence-electron chi connectivity index (χ0n) is 7.15. The molecular weight excluding hydrogens is 154 g/mol. The lowest BCUT2D eigenvalue weighted by Gasteiger charge is -2.08. The third-order valence-electron chi connectivity index (χ3n) is 1.60. The Bertz CT molecular complexity index is 311. The highest BCUT2D eigenvalue weighted by molar-refractivity contribution is 5.07. The van der Waals surface area contributed by atoms with E-state index in [0.717, 1.165) is 11.4 Å². The quantitative estimate of drug-likeness (QED) is 0.708. The predicted molar refractivity (Wildman–Crippen MR) is 43.2 cm³/mol. The molecule has 0 amide bonds. The molecule has 0 radical (unpaired) electrons. The van der Waals surface area contributed by atoms with E-state index in [1.165, 1.54) is 4.68 Å². The second kappa shape index (κ2) is 3.37. The van der Waals surface area contributed by atoms with Crippen LogP contribution in [-0.4, -0.2) is 14.9 Å². The SMILES string of the molecule is Cc1cc(C)n(C(O)CC#N)n1. The van der Waals surface area contributed by atoms with Crippen molar-refractivity contribution in [3.8, 4) is 6.07 Å². The number of nitrogens with zero attached hydrogens (tertiary/aromatic N) is 3. The summed E-state index contributed by atoms with van der Waals surface area (Å²) in [5.41, 5.74) is 1.72. The maximum atomic E-state index is 9.39. The molecule has 0 aliphatic heterocycles. The molecule has 12 heavy (non-hydrogen) atoms. The summed E-state index contributed by atoms with van der Waals surface area (Å²) in [6.45, 7) is 3.70. The van der Waals surface area contributed by atoms with Gasteiger partial charge in [0.2, 0.25) is 0 Å². The highest BCUT2D eigenvalue weighted by Gasteiger charge is 2.09. The van der Waals surface area contributed by atoms with Crippen molar-refractivity contribution >= 4 is 0 Å². The first-order chi connectivity index (χ1) is 5.65. The number of hydrogen-bond donors (Lipinski definition) is 1. The van der Waals surface area contributed by atoms with Gasteiger partial charge in [-0.1, -0.05) is 0 Å². The molecule has 1 atom stereocenters. The zero-order chi connectivity index (χ0) is 9.14.